The molecular formula is C12H12F3NO5. The van der Waals surface area contributed by atoms with E-state index in [-0.39, 0.29) is 6.61 Å². The van der Waals surface area contributed by atoms with Crippen molar-refractivity contribution in [1.82, 2.24) is 5.32 Å². The second-order valence-corrected chi connectivity index (χ2v) is 3.86. The number of halogens is 3. The third-order valence-corrected chi connectivity index (χ3v) is 2.29. The summed E-state index contributed by atoms with van der Waals surface area (Å²) in [6.45, 7) is -0.330. The van der Waals surface area contributed by atoms with E-state index in [1.807, 2.05) is 5.32 Å². The summed E-state index contributed by atoms with van der Waals surface area (Å²) in [4.78, 5) is 22.7. The number of carboxylic acid groups (broad SMARTS) is 1. The molecular weight excluding hydrogens is 295 g/mol. The van der Waals surface area contributed by atoms with Crippen LogP contribution in [0.25, 0.3) is 0 Å². The van der Waals surface area contributed by atoms with Crippen LogP contribution >= 0.6 is 0 Å². The Labute approximate surface area is 117 Å². The van der Waals surface area contributed by atoms with Crippen LogP contribution in [0.1, 0.15) is 10.4 Å². The van der Waals surface area contributed by atoms with Gasteiger partial charge in [-0.1, -0.05) is 12.1 Å². The minimum absolute atomic E-state index is 0.330. The summed E-state index contributed by atoms with van der Waals surface area (Å²) in [6, 6.07) is 3.23. The molecule has 0 aliphatic carbocycles. The van der Waals surface area contributed by atoms with Gasteiger partial charge in [0.2, 0.25) is 0 Å². The van der Waals surface area contributed by atoms with Crippen molar-refractivity contribution in [3.05, 3.63) is 29.8 Å². The minimum Gasteiger partial charge on any atom is -0.480 e. The number of hydrogen-bond donors (Lipinski definition) is 2. The quantitative estimate of drug-likeness (QED) is 0.830. The van der Waals surface area contributed by atoms with Gasteiger partial charge in [-0.25, -0.2) is 4.79 Å². The smallest absolute Gasteiger partial charge is 0.480 e. The number of hydrogen-bond acceptors (Lipinski definition) is 4. The molecule has 1 aromatic rings. The van der Waals surface area contributed by atoms with Crippen LogP contribution in [-0.2, 0) is 9.53 Å². The maximum absolute atomic E-state index is 12.2. The molecule has 9 heteroatoms. The van der Waals surface area contributed by atoms with Crippen molar-refractivity contribution in [2.45, 2.75) is 12.4 Å². The van der Waals surface area contributed by atoms with Crippen molar-refractivity contribution >= 4 is 11.9 Å². The van der Waals surface area contributed by atoms with Crippen LogP contribution in [0.4, 0.5) is 13.2 Å². The highest BCUT2D eigenvalue weighted by atomic mass is 19.4. The van der Waals surface area contributed by atoms with Crippen LogP contribution in [0.3, 0.4) is 0 Å². The fourth-order valence-corrected chi connectivity index (χ4v) is 1.45. The number of ether oxygens (including phenoxy) is 2. The highest BCUT2D eigenvalue weighted by Crippen LogP contribution is 2.26. The van der Waals surface area contributed by atoms with E-state index < -0.39 is 35.6 Å². The third kappa shape index (κ3) is 5.30. The third-order valence-electron chi connectivity index (χ3n) is 2.29. The van der Waals surface area contributed by atoms with Crippen molar-refractivity contribution in [3.63, 3.8) is 0 Å². The molecule has 0 aliphatic rings. The molecule has 6 nitrogen and oxygen atoms in total. The first kappa shape index (κ1) is 16.8. The van der Waals surface area contributed by atoms with Gasteiger partial charge in [0.1, 0.15) is 5.75 Å². The van der Waals surface area contributed by atoms with Crippen LogP contribution in [-0.4, -0.2) is 43.1 Å². The predicted octanol–water partition coefficient (Wildman–Crippen LogP) is 1.41. The lowest BCUT2D eigenvalue weighted by Gasteiger charge is -2.16. The number of carbonyl (C=O) groups excluding carboxylic acids is 1. The molecule has 0 aromatic heterocycles. The van der Waals surface area contributed by atoms with Gasteiger partial charge in [-0.15, -0.1) is 13.2 Å². The first-order chi connectivity index (χ1) is 9.74. The molecule has 0 saturated carbocycles. The Morgan fingerprint density at radius 3 is 2.48 bits per heavy atom. The maximum atomic E-state index is 12.2. The summed E-state index contributed by atoms with van der Waals surface area (Å²) >= 11 is 0. The molecule has 0 bridgehead atoms. The molecule has 1 aromatic carbocycles. The van der Waals surface area contributed by atoms with Crippen molar-refractivity contribution in [2.75, 3.05) is 13.7 Å². The first-order valence-corrected chi connectivity index (χ1v) is 5.62. The predicted molar refractivity (Wildman–Crippen MR) is 63.9 cm³/mol. The summed E-state index contributed by atoms with van der Waals surface area (Å²) < 4.78 is 45.0. The summed E-state index contributed by atoms with van der Waals surface area (Å²) in [6.07, 6.45) is -4.96. The van der Waals surface area contributed by atoms with Crippen LogP contribution in [0.2, 0.25) is 0 Å². The Hall–Kier alpha value is -2.29. The molecule has 0 fully saturated rings. The van der Waals surface area contributed by atoms with Gasteiger partial charge in [0.25, 0.3) is 5.91 Å². The van der Waals surface area contributed by atoms with Crippen molar-refractivity contribution < 1.29 is 37.3 Å². The van der Waals surface area contributed by atoms with Gasteiger partial charge in [-0.05, 0) is 12.1 Å². The largest absolute Gasteiger partial charge is 0.573 e. The fourth-order valence-electron chi connectivity index (χ4n) is 1.45. The molecule has 0 aliphatic heterocycles. The first-order valence-electron chi connectivity index (χ1n) is 5.62. The van der Waals surface area contributed by atoms with Gasteiger partial charge in [0, 0.05) is 7.11 Å². The van der Waals surface area contributed by atoms with E-state index in [0.717, 1.165) is 12.1 Å². The molecule has 2 N–H and O–H groups in total. The van der Waals surface area contributed by atoms with Gasteiger partial charge < -0.3 is 19.9 Å². The number of carboxylic acids is 1. The van der Waals surface area contributed by atoms with Crippen molar-refractivity contribution in [2.24, 2.45) is 0 Å². The Kier molecular flexibility index (Phi) is 5.53. The van der Waals surface area contributed by atoms with E-state index >= 15 is 0 Å². The molecule has 1 unspecified atom stereocenters. The van der Waals surface area contributed by atoms with E-state index in [1.54, 1.807) is 0 Å². The molecule has 0 saturated heterocycles. The highest BCUT2D eigenvalue weighted by Gasteiger charge is 2.33. The lowest BCUT2D eigenvalue weighted by Crippen LogP contribution is -2.44. The number of benzene rings is 1. The normalized spacial score (nSPS) is 12.6. The average Bonchev–Trinajstić information content (AvgIpc) is 2.36. The maximum Gasteiger partial charge on any atom is 0.573 e. The van der Waals surface area contributed by atoms with Gasteiger partial charge >= 0.3 is 12.3 Å². The van der Waals surface area contributed by atoms with Crippen LogP contribution in [0.5, 0.6) is 5.75 Å². The lowest BCUT2D eigenvalue weighted by atomic mass is 10.1. The molecule has 21 heavy (non-hydrogen) atoms. The van der Waals surface area contributed by atoms with E-state index in [9.17, 15) is 22.8 Å². The van der Waals surface area contributed by atoms with Crippen LogP contribution in [0.15, 0.2) is 24.3 Å². The zero-order valence-corrected chi connectivity index (χ0v) is 10.8. The molecule has 0 heterocycles. The second-order valence-electron chi connectivity index (χ2n) is 3.86. The number of para-hydroxylation sites is 1. The molecule has 1 amide bonds. The van der Waals surface area contributed by atoms with E-state index in [2.05, 4.69) is 9.47 Å². The molecule has 0 spiro atoms. The molecule has 1 atom stereocenters. The number of nitrogens with one attached hydrogen (secondary N) is 1. The number of methoxy groups -OCH3 is 1. The number of amides is 1. The van der Waals surface area contributed by atoms with Crippen molar-refractivity contribution in [1.29, 1.82) is 0 Å². The van der Waals surface area contributed by atoms with Gasteiger partial charge in [0.15, 0.2) is 6.04 Å². The topological polar surface area (TPSA) is 84.9 Å². The summed E-state index contributed by atoms with van der Waals surface area (Å²) in [5.41, 5.74) is -0.433. The molecule has 116 valence electrons. The summed E-state index contributed by atoms with van der Waals surface area (Å²) in [5.74, 6) is -3.11. The lowest BCUT2D eigenvalue weighted by molar-refractivity contribution is -0.274. The Balaban J connectivity index is 2.94. The minimum atomic E-state index is -4.96. The van der Waals surface area contributed by atoms with Gasteiger partial charge in [-0.3, -0.25) is 4.79 Å². The number of rotatable bonds is 6. The number of alkyl halides is 3. The zero-order chi connectivity index (χ0) is 16.0. The Bertz CT molecular complexity index is 518. The molecule has 1 rings (SSSR count). The van der Waals surface area contributed by atoms with E-state index in [1.165, 1.54) is 19.2 Å². The molecule has 0 radical (unpaired) electrons. The standard InChI is InChI=1S/C12H12F3NO5/c1-20-6-8(11(18)19)16-10(17)7-4-2-3-5-9(7)21-12(13,14)15/h2-5,8H,6H2,1H3,(H,16,17)(H,18,19). The Morgan fingerprint density at radius 2 is 1.95 bits per heavy atom. The second kappa shape index (κ2) is 6.93. The van der Waals surface area contributed by atoms with E-state index in [0.29, 0.717) is 0 Å². The number of aliphatic carboxylic acids is 1. The van der Waals surface area contributed by atoms with Crippen LogP contribution in [0, 0.1) is 0 Å². The summed E-state index contributed by atoms with van der Waals surface area (Å²) in [7, 11) is 1.23. The van der Waals surface area contributed by atoms with Crippen molar-refractivity contribution in [3.8, 4) is 5.75 Å². The number of carbonyl (C=O) groups is 2. The average molecular weight is 307 g/mol. The van der Waals surface area contributed by atoms with Crippen LogP contribution < -0.4 is 10.1 Å². The monoisotopic (exact) mass is 307 g/mol. The zero-order valence-electron chi connectivity index (χ0n) is 10.8. The fraction of sp³-hybridized carbons (Fsp3) is 0.333. The van der Waals surface area contributed by atoms with Gasteiger partial charge in [0.05, 0.1) is 12.2 Å². The SMILES string of the molecule is COCC(NC(=O)c1ccccc1OC(F)(F)F)C(=O)O. The van der Waals surface area contributed by atoms with E-state index in [4.69, 9.17) is 5.11 Å². The van der Waals surface area contributed by atoms with Gasteiger partial charge in [-0.2, -0.15) is 0 Å². The summed E-state index contributed by atoms with van der Waals surface area (Å²) in [5, 5.41) is 10.9. The highest BCUT2D eigenvalue weighted by molar-refractivity contribution is 5.98. The Morgan fingerprint density at radius 1 is 1.33 bits per heavy atom.